The number of nitrogens with zero attached hydrogens (tertiary/aromatic N) is 4. The van der Waals surface area contributed by atoms with Crippen molar-refractivity contribution in [1.29, 1.82) is 5.26 Å². The van der Waals surface area contributed by atoms with E-state index in [1.165, 1.54) is 24.4 Å². The van der Waals surface area contributed by atoms with Crippen LogP contribution in [0.5, 0.6) is 0 Å². The van der Waals surface area contributed by atoms with Crippen molar-refractivity contribution in [2.75, 3.05) is 13.1 Å². The summed E-state index contributed by atoms with van der Waals surface area (Å²) in [4.78, 5) is 19.2. The summed E-state index contributed by atoms with van der Waals surface area (Å²) in [5, 5.41) is 8.87. The van der Waals surface area contributed by atoms with Crippen LogP contribution in [0.1, 0.15) is 52.6 Å². The molecule has 128 valence electrons. The second-order valence-electron chi connectivity index (χ2n) is 7.24. The predicted octanol–water partition coefficient (Wildman–Crippen LogP) is 3.10. The van der Waals surface area contributed by atoms with E-state index in [9.17, 15) is 4.79 Å². The zero-order valence-electron chi connectivity index (χ0n) is 14.5. The van der Waals surface area contributed by atoms with E-state index in [0.717, 1.165) is 26.1 Å². The number of carbonyl (C=O) groups is 1. The maximum Gasteiger partial charge on any atom is 0.253 e. The average molecular weight is 334 g/mol. The van der Waals surface area contributed by atoms with Crippen molar-refractivity contribution >= 4 is 5.91 Å². The summed E-state index contributed by atoms with van der Waals surface area (Å²) in [6.45, 7) is 4.67. The van der Waals surface area contributed by atoms with E-state index in [4.69, 9.17) is 5.26 Å². The Labute approximate surface area is 147 Å². The van der Waals surface area contributed by atoms with Gasteiger partial charge in [-0.15, -0.1) is 0 Å². The van der Waals surface area contributed by atoms with Crippen LogP contribution >= 0.6 is 0 Å². The molecule has 0 N–H and O–H groups in total. The summed E-state index contributed by atoms with van der Waals surface area (Å²) < 4.78 is 2.36. The Balaban J connectivity index is 1.42. The molecule has 0 radical (unpaired) electrons. The number of hydrogen-bond donors (Lipinski definition) is 0. The minimum absolute atomic E-state index is 0.0664. The van der Waals surface area contributed by atoms with E-state index < -0.39 is 0 Å². The third-order valence-corrected chi connectivity index (χ3v) is 5.30. The van der Waals surface area contributed by atoms with Gasteiger partial charge in [-0.25, -0.2) is 4.98 Å². The second kappa shape index (κ2) is 6.36. The van der Waals surface area contributed by atoms with Crippen molar-refractivity contribution in [2.24, 2.45) is 5.92 Å². The number of rotatable bonds is 4. The van der Waals surface area contributed by atoms with Gasteiger partial charge in [-0.3, -0.25) is 4.79 Å². The minimum atomic E-state index is 0.0664. The predicted molar refractivity (Wildman–Crippen MR) is 94.1 cm³/mol. The Morgan fingerprint density at radius 1 is 1.28 bits per heavy atom. The van der Waals surface area contributed by atoms with E-state index in [0.29, 0.717) is 23.0 Å². The van der Waals surface area contributed by atoms with Gasteiger partial charge in [-0.1, -0.05) is 0 Å². The maximum atomic E-state index is 12.7. The number of aromatic nitrogens is 2. The highest BCUT2D eigenvalue weighted by Crippen LogP contribution is 2.40. The molecule has 2 aromatic rings. The summed E-state index contributed by atoms with van der Waals surface area (Å²) in [6, 6.07) is 9.00. The third-order valence-electron chi connectivity index (χ3n) is 5.30. The molecule has 1 amide bonds. The van der Waals surface area contributed by atoms with Crippen molar-refractivity contribution in [3.63, 3.8) is 0 Å². The van der Waals surface area contributed by atoms with E-state index in [-0.39, 0.29) is 5.91 Å². The number of carbonyl (C=O) groups excluding carboxylic acids is 1. The largest absolute Gasteiger partial charge is 0.338 e. The molecule has 1 saturated heterocycles. The maximum absolute atomic E-state index is 12.7. The Morgan fingerprint density at radius 3 is 2.72 bits per heavy atom. The van der Waals surface area contributed by atoms with Gasteiger partial charge in [0, 0.05) is 43.0 Å². The quantitative estimate of drug-likeness (QED) is 0.863. The minimum Gasteiger partial charge on any atom is -0.338 e. The SMILES string of the molecule is Cc1cnc(C2CC2)n1CC1CCN(C(=O)c2ccc(C#N)cc2)C1. The van der Waals surface area contributed by atoms with Gasteiger partial charge in [0.2, 0.25) is 0 Å². The van der Waals surface area contributed by atoms with Gasteiger partial charge in [0.25, 0.3) is 5.91 Å². The molecule has 1 saturated carbocycles. The Hall–Kier alpha value is -2.61. The number of aryl methyl sites for hydroxylation is 1. The number of benzene rings is 1. The van der Waals surface area contributed by atoms with Gasteiger partial charge in [0.1, 0.15) is 5.82 Å². The first-order chi connectivity index (χ1) is 12.2. The number of imidazole rings is 1. The van der Waals surface area contributed by atoms with Gasteiger partial charge in [-0.2, -0.15) is 5.26 Å². The monoisotopic (exact) mass is 334 g/mol. The Morgan fingerprint density at radius 2 is 2.04 bits per heavy atom. The fourth-order valence-corrected chi connectivity index (χ4v) is 3.68. The van der Waals surface area contributed by atoms with Crippen molar-refractivity contribution in [2.45, 2.75) is 38.6 Å². The van der Waals surface area contributed by atoms with Crippen LogP contribution in [0.4, 0.5) is 0 Å². The second-order valence-corrected chi connectivity index (χ2v) is 7.24. The molecule has 2 fully saturated rings. The molecule has 2 heterocycles. The molecule has 1 aliphatic carbocycles. The van der Waals surface area contributed by atoms with E-state index in [2.05, 4.69) is 22.5 Å². The van der Waals surface area contributed by atoms with Crippen molar-refractivity contribution in [3.05, 3.63) is 53.1 Å². The number of nitriles is 1. The van der Waals surface area contributed by atoms with Crippen LogP contribution in [-0.2, 0) is 6.54 Å². The van der Waals surface area contributed by atoms with Crippen LogP contribution in [0.15, 0.2) is 30.5 Å². The molecule has 4 rings (SSSR count). The Bertz CT molecular complexity index is 826. The normalized spacial score (nSPS) is 19.8. The van der Waals surface area contributed by atoms with Gasteiger partial charge < -0.3 is 9.47 Å². The fourth-order valence-electron chi connectivity index (χ4n) is 3.68. The standard InChI is InChI=1S/C20H22N4O/c1-14-11-22-19(17-6-7-17)24(14)13-16-8-9-23(12-16)20(25)18-4-2-15(10-21)3-5-18/h2-5,11,16-17H,6-9,12-13H2,1H3. The van der Waals surface area contributed by atoms with Crippen LogP contribution in [0.3, 0.4) is 0 Å². The number of likely N-dealkylation sites (tertiary alicyclic amines) is 1. The first kappa shape index (κ1) is 15.9. The van der Waals surface area contributed by atoms with Crippen molar-refractivity contribution in [1.82, 2.24) is 14.5 Å². The first-order valence-corrected chi connectivity index (χ1v) is 8.97. The fraction of sp³-hybridized carbons (Fsp3) is 0.450. The Kier molecular flexibility index (Phi) is 4.04. The lowest BCUT2D eigenvalue weighted by molar-refractivity contribution is 0.0786. The highest BCUT2D eigenvalue weighted by Gasteiger charge is 2.32. The smallest absolute Gasteiger partial charge is 0.253 e. The van der Waals surface area contributed by atoms with Crippen LogP contribution in [-0.4, -0.2) is 33.4 Å². The molecular formula is C20H22N4O. The zero-order chi connectivity index (χ0) is 17.4. The molecule has 0 spiro atoms. The van der Waals surface area contributed by atoms with Gasteiger partial charge in [-0.05, 0) is 56.4 Å². The van der Waals surface area contributed by atoms with Gasteiger partial charge >= 0.3 is 0 Å². The number of hydrogen-bond acceptors (Lipinski definition) is 3. The summed E-state index contributed by atoms with van der Waals surface area (Å²) in [5.74, 6) is 2.42. The van der Waals surface area contributed by atoms with E-state index in [1.807, 2.05) is 11.1 Å². The van der Waals surface area contributed by atoms with Gasteiger partial charge in [0.15, 0.2) is 0 Å². The molecule has 2 aliphatic rings. The highest BCUT2D eigenvalue weighted by molar-refractivity contribution is 5.94. The molecule has 0 bridgehead atoms. The van der Waals surface area contributed by atoms with Crippen LogP contribution < -0.4 is 0 Å². The summed E-state index contributed by atoms with van der Waals surface area (Å²) in [7, 11) is 0. The molecule has 5 heteroatoms. The molecule has 25 heavy (non-hydrogen) atoms. The molecule has 1 unspecified atom stereocenters. The summed E-state index contributed by atoms with van der Waals surface area (Å²) in [5.41, 5.74) is 2.47. The molecule has 1 aromatic heterocycles. The lowest BCUT2D eigenvalue weighted by Crippen LogP contribution is -2.29. The molecule has 1 aliphatic heterocycles. The van der Waals surface area contributed by atoms with Crippen LogP contribution in [0, 0.1) is 24.2 Å². The first-order valence-electron chi connectivity index (χ1n) is 8.97. The average Bonchev–Trinajstić information content (AvgIpc) is 3.27. The van der Waals surface area contributed by atoms with E-state index in [1.54, 1.807) is 24.3 Å². The van der Waals surface area contributed by atoms with Crippen molar-refractivity contribution in [3.8, 4) is 6.07 Å². The third kappa shape index (κ3) is 3.17. The van der Waals surface area contributed by atoms with Gasteiger partial charge in [0.05, 0.1) is 11.6 Å². The summed E-state index contributed by atoms with van der Waals surface area (Å²) >= 11 is 0. The lowest BCUT2D eigenvalue weighted by atomic mass is 10.1. The lowest BCUT2D eigenvalue weighted by Gasteiger charge is -2.18. The molecule has 1 atom stereocenters. The van der Waals surface area contributed by atoms with Crippen LogP contribution in [0.25, 0.3) is 0 Å². The summed E-state index contributed by atoms with van der Waals surface area (Å²) in [6.07, 6.45) is 5.51. The molecular weight excluding hydrogens is 312 g/mol. The van der Waals surface area contributed by atoms with Crippen molar-refractivity contribution < 1.29 is 4.79 Å². The highest BCUT2D eigenvalue weighted by atomic mass is 16.2. The van der Waals surface area contributed by atoms with E-state index >= 15 is 0 Å². The van der Waals surface area contributed by atoms with Crippen LogP contribution in [0.2, 0.25) is 0 Å². The molecule has 1 aromatic carbocycles. The zero-order valence-corrected chi connectivity index (χ0v) is 14.5. The topological polar surface area (TPSA) is 61.9 Å². The number of amides is 1. The molecule has 5 nitrogen and oxygen atoms in total.